The summed E-state index contributed by atoms with van der Waals surface area (Å²) in [7, 11) is 0. The highest BCUT2D eigenvalue weighted by atomic mass is 35.5. The van der Waals surface area contributed by atoms with Gasteiger partial charge in [0.1, 0.15) is 5.69 Å². The zero-order chi connectivity index (χ0) is 12.7. The van der Waals surface area contributed by atoms with E-state index in [9.17, 15) is 9.59 Å². The van der Waals surface area contributed by atoms with E-state index in [1.165, 1.54) is 19.1 Å². The Morgan fingerprint density at radius 2 is 2.00 bits per heavy atom. The minimum Gasteiger partial charge on any atom is -0.477 e. The van der Waals surface area contributed by atoms with Gasteiger partial charge in [-0.1, -0.05) is 23.2 Å². The summed E-state index contributed by atoms with van der Waals surface area (Å²) in [6.45, 7) is 1.44. The van der Waals surface area contributed by atoms with Gasteiger partial charge in [-0.2, -0.15) is 0 Å². The van der Waals surface area contributed by atoms with E-state index in [1.54, 1.807) is 0 Å². The lowest BCUT2D eigenvalue weighted by Gasteiger charge is -2.06. The van der Waals surface area contributed by atoms with E-state index in [2.05, 4.69) is 4.98 Å². The Morgan fingerprint density at radius 3 is 2.59 bits per heavy atom. The predicted molar refractivity (Wildman–Crippen MR) is 66.3 cm³/mol. The van der Waals surface area contributed by atoms with Crippen LogP contribution in [0.2, 0.25) is 10.0 Å². The number of aromatic carboxylic acids is 1. The number of pyridine rings is 1. The van der Waals surface area contributed by atoms with E-state index < -0.39 is 11.4 Å². The van der Waals surface area contributed by atoms with Crippen LogP contribution in [0.1, 0.15) is 16.1 Å². The van der Waals surface area contributed by atoms with Crippen molar-refractivity contribution in [1.29, 1.82) is 0 Å². The minimum atomic E-state index is -1.20. The van der Waals surface area contributed by atoms with Crippen molar-refractivity contribution in [2.75, 3.05) is 0 Å². The van der Waals surface area contributed by atoms with Gasteiger partial charge in [0.15, 0.2) is 5.43 Å². The summed E-state index contributed by atoms with van der Waals surface area (Å²) in [5.74, 6) is -1.20. The first-order valence-electron chi connectivity index (χ1n) is 4.66. The molecule has 88 valence electrons. The lowest BCUT2D eigenvalue weighted by molar-refractivity contribution is 0.0690. The van der Waals surface area contributed by atoms with E-state index in [0.717, 1.165) is 0 Å². The first kappa shape index (κ1) is 12.0. The molecule has 0 fully saturated rings. The van der Waals surface area contributed by atoms with Crippen LogP contribution in [0.3, 0.4) is 0 Å². The second-order valence-electron chi connectivity index (χ2n) is 3.57. The van der Waals surface area contributed by atoms with E-state index in [1.807, 2.05) is 0 Å². The van der Waals surface area contributed by atoms with Crippen LogP contribution in [0.5, 0.6) is 0 Å². The van der Waals surface area contributed by atoms with Crippen LogP contribution < -0.4 is 5.43 Å². The molecular weight excluding hydrogens is 265 g/mol. The van der Waals surface area contributed by atoms with Gasteiger partial charge in [-0.3, -0.25) is 4.79 Å². The first-order valence-corrected chi connectivity index (χ1v) is 5.42. The number of carboxylic acid groups (broad SMARTS) is 1. The van der Waals surface area contributed by atoms with Gasteiger partial charge in [0.25, 0.3) is 0 Å². The molecule has 2 rings (SSSR count). The number of hydrogen-bond donors (Lipinski definition) is 2. The number of aromatic amines is 1. The van der Waals surface area contributed by atoms with Crippen LogP contribution in [0.25, 0.3) is 10.9 Å². The number of hydrogen-bond acceptors (Lipinski definition) is 2. The number of halogens is 2. The molecule has 0 unspecified atom stereocenters. The quantitative estimate of drug-likeness (QED) is 0.838. The summed E-state index contributed by atoms with van der Waals surface area (Å²) in [4.78, 5) is 25.6. The van der Waals surface area contributed by atoms with E-state index in [0.29, 0.717) is 10.5 Å². The average molecular weight is 272 g/mol. The smallest absolute Gasteiger partial charge is 0.352 e. The summed E-state index contributed by atoms with van der Waals surface area (Å²) >= 11 is 11.7. The van der Waals surface area contributed by atoms with Gasteiger partial charge >= 0.3 is 5.97 Å². The maximum Gasteiger partial charge on any atom is 0.352 e. The molecule has 6 heteroatoms. The number of fused-ring (bicyclic) bond motifs is 1. The van der Waals surface area contributed by atoms with Crippen molar-refractivity contribution < 1.29 is 9.90 Å². The van der Waals surface area contributed by atoms with Gasteiger partial charge in [0.2, 0.25) is 0 Å². The number of nitrogens with one attached hydrogen (secondary N) is 1. The van der Waals surface area contributed by atoms with Crippen molar-refractivity contribution in [1.82, 2.24) is 4.98 Å². The molecule has 1 aromatic carbocycles. The van der Waals surface area contributed by atoms with Gasteiger partial charge in [-0.25, -0.2) is 4.79 Å². The minimum absolute atomic E-state index is 0.120. The Labute approximate surface area is 106 Å². The van der Waals surface area contributed by atoms with Crippen LogP contribution in [0, 0.1) is 6.92 Å². The second-order valence-corrected chi connectivity index (χ2v) is 4.41. The molecule has 0 aliphatic carbocycles. The molecule has 0 saturated carbocycles. The fraction of sp³-hybridized carbons (Fsp3) is 0.0909. The molecule has 0 atom stereocenters. The van der Waals surface area contributed by atoms with Gasteiger partial charge in [-0.15, -0.1) is 0 Å². The van der Waals surface area contributed by atoms with Gasteiger partial charge in [0.05, 0.1) is 15.9 Å². The van der Waals surface area contributed by atoms with Crippen molar-refractivity contribution in [3.8, 4) is 0 Å². The molecule has 0 bridgehead atoms. The fourth-order valence-electron chi connectivity index (χ4n) is 1.65. The van der Waals surface area contributed by atoms with Crippen molar-refractivity contribution in [2.24, 2.45) is 0 Å². The standard InChI is InChI=1S/C11H7Cl2NO3/c1-4-9(11(16)17)14-7-3-5(12)2-6(13)8(7)10(4)15/h2-3H,1H3,(H,14,15)(H,16,17). The number of carbonyl (C=O) groups is 1. The molecular formula is C11H7Cl2NO3. The Kier molecular flexibility index (Phi) is 2.85. The van der Waals surface area contributed by atoms with Gasteiger partial charge in [-0.05, 0) is 19.1 Å². The Bertz CT molecular complexity index is 691. The molecule has 0 spiro atoms. The monoisotopic (exact) mass is 271 g/mol. The summed E-state index contributed by atoms with van der Waals surface area (Å²) in [6, 6.07) is 2.91. The van der Waals surface area contributed by atoms with Crippen molar-refractivity contribution in [3.63, 3.8) is 0 Å². The third kappa shape index (κ3) is 1.90. The zero-order valence-electron chi connectivity index (χ0n) is 8.67. The molecule has 17 heavy (non-hydrogen) atoms. The highest BCUT2D eigenvalue weighted by Gasteiger charge is 2.15. The first-order chi connectivity index (χ1) is 7.91. The van der Waals surface area contributed by atoms with Crippen LogP contribution >= 0.6 is 23.2 Å². The van der Waals surface area contributed by atoms with Crippen LogP contribution in [0.4, 0.5) is 0 Å². The molecule has 2 aromatic rings. The maximum atomic E-state index is 12.0. The van der Waals surface area contributed by atoms with Crippen molar-refractivity contribution >= 4 is 40.1 Å². The Hall–Kier alpha value is -1.52. The van der Waals surface area contributed by atoms with Crippen molar-refractivity contribution in [2.45, 2.75) is 6.92 Å². The molecule has 0 amide bonds. The van der Waals surface area contributed by atoms with Crippen molar-refractivity contribution in [3.05, 3.63) is 43.7 Å². The molecule has 0 saturated heterocycles. The molecule has 2 N–H and O–H groups in total. The number of H-pyrrole nitrogens is 1. The Balaban J connectivity index is 3.01. The molecule has 1 aromatic heterocycles. The summed E-state index contributed by atoms with van der Waals surface area (Å²) in [6.07, 6.45) is 0. The number of rotatable bonds is 1. The third-order valence-electron chi connectivity index (χ3n) is 2.47. The van der Waals surface area contributed by atoms with Crippen LogP contribution in [-0.2, 0) is 0 Å². The molecule has 0 radical (unpaired) electrons. The lowest BCUT2D eigenvalue weighted by Crippen LogP contribution is -2.15. The van der Waals surface area contributed by atoms with Gasteiger partial charge in [0, 0.05) is 10.6 Å². The number of carboxylic acids is 1. The second kappa shape index (κ2) is 4.05. The average Bonchev–Trinajstić information content (AvgIpc) is 2.21. The van der Waals surface area contributed by atoms with E-state index in [4.69, 9.17) is 28.3 Å². The maximum absolute atomic E-state index is 12.0. The van der Waals surface area contributed by atoms with Gasteiger partial charge < -0.3 is 10.1 Å². The normalized spacial score (nSPS) is 10.8. The highest BCUT2D eigenvalue weighted by Crippen LogP contribution is 2.25. The highest BCUT2D eigenvalue weighted by molar-refractivity contribution is 6.38. The molecule has 0 aliphatic heterocycles. The van der Waals surface area contributed by atoms with Crippen LogP contribution in [0.15, 0.2) is 16.9 Å². The van der Waals surface area contributed by atoms with E-state index >= 15 is 0 Å². The topological polar surface area (TPSA) is 70.2 Å². The lowest BCUT2D eigenvalue weighted by atomic mass is 10.1. The van der Waals surface area contributed by atoms with Crippen LogP contribution in [-0.4, -0.2) is 16.1 Å². The molecule has 0 aliphatic rings. The summed E-state index contributed by atoms with van der Waals surface area (Å²) < 4.78 is 0. The molecule has 1 heterocycles. The largest absolute Gasteiger partial charge is 0.477 e. The summed E-state index contributed by atoms with van der Waals surface area (Å²) in [5, 5.41) is 9.74. The van der Waals surface area contributed by atoms with E-state index in [-0.39, 0.29) is 21.7 Å². The Morgan fingerprint density at radius 1 is 1.35 bits per heavy atom. The SMILES string of the molecule is Cc1c(C(=O)O)[nH]c2cc(Cl)cc(Cl)c2c1=O. The fourth-order valence-corrected chi connectivity index (χ4v) is 2.23. The summed E-state index contributed by atoms with van der Waals surface area (Å²) in [5.41, 5.74) is -0.122. The molecule has 4 nitrogen and oxygen atoms in total. The predicted octanol–water partition coefficient (Wildman–Crippen LogP) is 2.84. The zero-order valence-corrected chi connectivity index (χ0v) is 10.2. The number of benzene rings is 1. The third-order valence-corrected chi connectivity index (χ3v) is 2.99. The number of aromatic nitrogens is 1.